The Bertz CT molecular complexity index is 2080. The van der Waals surface area contributed by atoms with Crippen LogP contribution in [-0.2, 0) is 27.3 Å². The number of rotatable bonds is 11. The normalized spacial score (nSPS) is 18.7. The SMILES string of the molecule is Nc1nc2c(ncn2C2OC(COC(=O)c3ccccc3)C(N(Cc3ccccc3)Cc3ccccc3)C2OC(=O)c2ccccc2)c(=O)[nH]1. The van der Waals surface area contributed by atoms with E-state index in [0.717, 1.165) is 11.1 Å². The molecule has 12 nitrogen and oxygen atoms in total. The van der Waals surface area contributed by atoms with E-state index in [1.54, 1.807) is 53.1 Å². The van der Waals surface area contributed by atoms with Crippen molar-refractivity contribution in [2.45, 2.75) is 37.6 Å². The van der Waals surface area contributed by atoms with Crippen molar-refractivity contribution in [3.05, 3.63) is 160 Å². The number of aromatic amines is 1. The summed E-state index contributed by atoms with van der Waals surface area (Å²) in [6.45, 7) is 0.709. The van der Waals surface area contributed by atoms with Crippen LogP contribution in [0.5, 0.6) is 0 Å². The Morgan fingerprint density at radius 2 is 1.34 bits per heavy atom. The van der Waals surface area contributed by atoms with Crippen LogP contribution >= 0.6 is 0 Å². The van der Waals surface area contributed by atoms with Crippen LogP contribution < -0.4 is 11.3 Å². The largest absolute Gasteiger partial charge is 0.459 e. The number of carbonyl (C=O) groups is 2. The molecule has 2 aromatic heterocycles. The number of benzene rings is 4. The maximum absolute atomic E-state index is 13.8. The van der Waals surface area contributed by atoms with E-state index in [0.29, 0.717) is 24.2 Å². The van der Waals surface area contributed by atoms with Crippen molar-refractivity contribution in [2.75, 3.05) is 12.3 Å². The van der Waals surface area contributed by atoms with Crippen LogP contribution in [0.25, 0.3) is 11.2 Å². The fourth-order valence-electron chi connectivity index (χ4n) is 6.26. The van der Waals surface area contributed by atoms with Crippen molar-refractivity contribution >= 4 is 29.1 Å². The Morgan fingerprint density at radius 3 is 1.92 bits per heavy atom. The molecule has 1 aliphatic heterocycles. The van der Waals surface area contributed by atoms with Gasteiger partial charge in [0.2, 0.25) is 5.95 Å². The highest BCUT2D eigenvalue weighted by Crippen LogP contribution is 2.38. The summed E-state index contributed by atoms with van der Waals surface area (Å²) in [4.78, 5) is 53.1. The quantitative estimate of drug-likeness (QED) is 0.185. The molecule has 1 saturated heterocycles. The second-order valence-electron chi connectivity index (χ2n) is 11.9. The summed E-state index contributed by atoms with van der Waals surface area (Å²) in [5.41, 5.74) is 8.36. The molecule has 0 bridgehead atoms. The molecule has 7 rings (SSSR count). The number of nitrogens with zero attached hydrogens (tertiary/aromatic N) is 4. The number of hydrogen-bond donors (Lipinski definition) is 2. The smallest absolute Gasteiger partial charge is 0.338 e. The van der Waals surface area contributed by atoms with Crippen LogP contribution in [0, 0.1) is 0 Å². The lowest BCUT2D eigenvalue weighted by Crippen LogP contribution is -2.49. The number of nitrogens with one attached hydrogen (secondary N) is 1. The van der Waals surface area contributed by atoms with Gasteiger partial charge in [-0.25, -0.2) is 14.6 Å². The lowest BCUT2D eigenvalue weighted by molar-refractivity contribution is -0.0598. The number of esters is 2. The van der Waals surface area contributed by atoms with E-state index < -0.39 is 42.0 Å². The number of carbonyl (C=O) groups excluding carboxylic acids is 2. The zero-order valence-corrected chi connectivity index (χ0v) is 26.9. The molecule has 0 saturated carbocycles. The number of H-pyrrole nitrogens is 1. The summed E-state index contributed by atoms with van der Waals surface area (Å²) in [5, 5.41) is 0. The number of nitrogens with two attached hydrogens (primary N) is 1. The maximum atomic E-state index is 13.8. The molecule has 0 aliphatic carbocycles. The van der Waals surface area contributed by atoms with Gasteiger partial charge in [0, 0.05) is 13.1 Å². The molecule has 3 N–H and O–H groups in total. The van der Waals surface area contributed by atoms with Crippen molar-refractivity contribution in [2.24, 2.45) is 0 Å². The van der Waals surface area contributed by atoms with Crippen LogP contribution in [0.2, 0.25) is 0 Å². The Kier molecular flexibility index (Phi) is 9.45. The first-order valence-electron chi connectivity index (χ1n) is 16.1. The molecule has 12 heteroatoms. The minimum absolute atomic E-state index is 0.0388. The van der Waals surface area contributed by atoms with E-state index in [1.165, 1.54) is 6.33 Å². The lowest BCUT2D eigenvalue weighted by atomic mass is 10.0. The van der Waals surface area contributed by atoms with E-state index >= 15 is 0 Å². The Balaban J connectivity index is 1.34. The Hall–Kier alpha value is -6.11. The van der Waals surface area contributed by atoms with Crippen LogP contribution in [-0.4, -0.2) is 61.2 Å². The summed E-state index contributed by atoms with van der Waals surface area (Å²) in [5.74, 6) is -1.22. The van der Waals surface area contributed by atoms with E-state index in [-0.39, 0.29) is 23.7 Å². The summed E-state index contributed by atoms with van der Waals surface area (Å²) in [6.07, 6.45) is -1.45. The number of anilines is 1. The van der Waals surface area contributed by atoms with Gasteiger partial charge >= 0.3 is 11.9 Å². The van der Waals surface area contributed by atoms with Crippen LogP contribution in [0.1, 0.15) is 38.1 Å². The molecule has 0 radical (unpaired) electrons. The number of ether oxygens (including phenoxy) is 3. The highest BCUT2D eigenvalue weighted by molar-refractivity contribution is 5.90. The summed E-state index contributed by atoms with van der Waals surface area (Å²) in [6, 6.07) is 36.4. The molecule has 50 heavy (non-hydrogen) atoms. The number of imidazole rings is 1. The van der Waals surface area contributed by atoms with E-state index in [2.05, 4.69) is 19.9 Å². The van der Waals surface area contributed by atoms with E-state index in [1.807, 2.05) is 72.8 Å². The molecule has 3 heterocycles. The van der Waals surface area contributed by atoms with Gasteiger partial charge in [-0.05, 0) is 35.4 Å². The topological polar surface area (TPSA) is 155 Å². The third-order valence-electron chi connectivity index (χ3n) is 8.56. The van der Waals surface area contributed by atoms with Crippen LogP contribution in [0.3, 0.4) is 0 Å². The fraction of sp³-hybridized carbons (Fsp3) is 0.184. The average molecular weight is 671 g/mol. The lowest BCUT2D eigenvalue weighted by Gasteiger charge is -2.35. The van der Waals surface area contributed by atoms with Gasteiger partial charge in [-0.2, -0.15) is 4.98 Å². The Labute approximate surface area is 287 Å². The zero-order chi connectivity index (χ0) is 34.5. The predicted molar refractivity (Wildman–Crippen MR) is 185 cm³/mol. The minimum Gasteiger partial charge on any atom is -0.459 e. The zero-order valence-electron chi connectivity index (χ0n) is 26.9. The number of fused-ring (bicyclic) bond motifs is 1. The van der Waals surface area contributed by atoms with Crippen molar-refractivity contribution in [3.8, 4) is 0 Å². The van der Waals surface area contributed by atoms with Gasteiger partial charge in [0.05, 0.1) is 23.5 Å². The highest BCUT2D eigenvalue weighted by atomic mass is 16.6. The first-order valence-corrected chi connectivity index (χ1v) is 16.1. The average Bonchev–Trinajstić information content (AvgIpc) is 3.73. The monoisotopic (exact) mass is 670 g/mol. The van der Waals surface area contributed by atoms with Gasteiger partial charge in [0.25, 0.3) is 5.56 Å². The van der Waals surface area contributed by atoms with Crippen LogP contribution in [0.15, 0.2) is 132 Å². The molecule has 0 amide bonds. The molecule has 4 aromatic carbocycles. The summed E-state index contributed by atoms with van der Waals surface area (Å²) in [7, 11) is 0. The molecular formula is C38H34N6O6. The van der Waals surface area contributed by atoms with Crippen molar-refractivity contribution in [1.82, 2.24) is 24.4 Å². The summed E-state index contributed by atoms with van der Waals surface area (Å²) >= 11 is 0. The molecule has 6 aromatic rings. The molecule has 4 atom stereocenters. The van der Waals surface area contributed by atoms with Crippen LogP contribution in [0.4, 0.5) is 5.95 Å². The third kappa shape index (κ3) is 7.02. The highest BCUT2D eigenvalue weighted by Gasteiger charge is 2.52. The molecule has 1 aliphatic rings. The molecule has 1 fully saturated rings. The number of nitrogen functional groups attached to an aromatic ring is 1. The molecule has 4 unspecified atom stereocenters. The second kappa shape index (κ2) is 14.6. The number of aromatic nitrogens is 4. The van der Waals surface area contributed by atoms with Gasteiger partial charge in [-0.15, -0.1) is 0 Å². The van der Waals surface area contributed by atoms with Gasteiger partial charge in [0.15, 0.2) is 23.5 Å². The van der Waals surface area contributed by atoms with Gasteiger partial charge in [-0.3, -0.25) is 19.2 Å². The first-order chi connectivity index (χ1) is 24.4. The second-order valence-corrected chi connectivity index (χ2v) is 11.9. The van der Waals surface area contributed by atoms with Gasteiger partial charge < -0.3 is 19.9 Å². The van der Waals surface area contributed by atoms with Gasteiger partial charge in [-0.1, -0.05) is 97.1 Å². The fourth-order valence-corrected chi connectivity index (χ4v) is 6.26. The van der Waals surface area contributed by atoms with E-state index in [4.69, 9.17) is 19.9 Å². The van der Waals surface area contributed by atoms with Crippen molar-refractivity contribution in [3.63, 3.8) is 0 Å². The first kappa shape index (κ1) is 32.4. The predicted octanol–water partition coefficient (Wildman–Crippen LogP) is 4.75. The maximum Gasteiger partial charge on any atom is 0.338 e. The van der Waals surface area contributed by atoms with Gasteiger partial charge in [0.1, 0.15) is 12.7 Å². The minimum atomic E-state index is -1.04. The third-order valence-corrected chi connectivity index (χ3v) is 8.56. The molecule has 0 spiro atoms. The van der Waals surface area contributed by atoms with E-state index in [9.17, 15) is 14.4 Å². The van der Waals surface area contributed by atoms with Crippen molar-refractivity contribution in [1.29, 1.82) is 0 Å². The molecule has 252 valence electrons. The standard InChI is InChI=1S/C38H34N6O6/c39-38-41-33-30(34(45)42-38)40-24-44(33)35-32(50-37(47)28-19-11-4-12-20-28)31(29(49-35)23-48-36(46)27-17-9-3-10-18-27)43(21-25-13-5-1-6-14-25)22-26-15-7-2-8-16-26/h1-20,24,29,31-32,35H,21-23H2,(H3,39,41,42,45). The summed E-state index contributed by atoms with van der Waals surface area (Å²) < 4.78 is 20.5. The van der Waals surface area contributed by atoms with Crippen molar-refractivity contribution < 1.29 is 23.8 Å². The number of hydrogen-bond acceptors (Lipinski definition) is 10. The molecular weight excluding hydrogens is 636 g/mol. The Morgan fingerprint density at radius 1 is 0.800 bits per heavy atom.